The van der Waals surface area contributed by atoms with E-state index in [1.54, 1.807) is 24.3 Å². The molecule has 1 aliphatic heterocycles. The van der Waals surface area contributed by atoms with Gasteiger partial charge in [-0.05, 0) is 48.5 Å². The lowest BCUT2D eigenvalue weighted by atomic mass is 10.1. The Bertz CT molecular complexity index is 1100. The van der Waals surface area contributed by atoms with Gasteiger partial charge in [-0.15, -0.1) is 11.8 Å². The predicted molar refractivity (Wildman–Crippen MR) is 124 cm³/mol. The molecule has 0 aliphatic carbocycles. The number of imidazole rings is 1. The largest absolute Gasteiger partial charge is 0.329 e. The van der Waals surface area contributed by atoms with Gasteiger partial charge in [0.15, 0.2) is 0 Å². The summed E-state index contributed by atoms with van der Waals surface area (Å²) in [7, 11) is 0. The van der Waals surface area contributed by atoms with Crippen LogP contribution in [0.2, 0.25) is 0 Å². The van der Waals surface area contributed by atoms with Gasteiger partial charge in [0.1, 0.15) is 5.03 Å². The quantitative estimate of drug-likeness (QED) is 0.534. The first-order valence-corrected chi connectivity index (χ1v) is 11.8. The molecule has 7 nitrogen and oxygen atoms in total. The molecule has 1 amide bonds. The number of nitriles is 1. The van der Waals surface area contributed by atoms with Crippen molar-refractivity contribution < 1.29 is 4.79 Å². The van der Waals surface area contributed by atoms with E-state index in [1.165, 1.54) is 0 Å². The Morgan fingerprint density at radius 3 is 2.91 bits per heavy atom. The molecule has 0 saturated carbocycles. The van der Waals surface area contributed by atoms with Crippen LogP contribution in [0.1, 0.15) is 40.5 Å². The van der Waals surface area contributed by atoms with Crippen molar-refractivity contribution in [1.29, 1.82) is 5.26 Å². The van der Waals surface area contributed by atoms with Crippen molar-refractivity contribution in [2.75, 3.05) is 18.8 Å². The average molecular weight is 447 g/mol. The average Bonchev–Trinajstić information content (AvgIpc) is 3.50. The van der Waals surface area contributed by atoms with E-state index in [4.69, 9.17) is 5.26 Å². The van der Waals surface area contributed by atoms with Crippen molar-refractivity contribution in [2.45, 2.75) is 37.5 Å². The molecule has 32 heavy (non-hydrogen) atoms. The topological polar surface area (TPSA) is 86.8 Å². The summed E-state index contributed by atoms with van der Waals surface area (Å²) in [4.78, 5) is 24.4. The maximum atomic E-state index is 13.7. The Balaban J connectivity index is 1.59. The smallest absolute Gasteiger partial charge is 0.257 e. The van der Waals surface area contributed by atoms with Crippen molar-refractivity contribution in [2.24, 2.45) is 0 Å². The van der Waals surface area contributed by atoms with Crippen LogP contribution in [0, 0.1) is 11.3 Å². The van der Waals surface area contributed by atoms with E-state index in [2.05, 4.69) is 32.8 Å². The number of nitrogens with zero attached hydrogens (tertiary/aromatic N) is 5. The Kier molecular flexibility index (Phi) is 7.20. The van der Waals surface area contributed by atoms with Gasteiger partial charge in [-0.25, -0.2) is 9.97 Å². The van der Waals surface area contributed by atoms with Crippen LogP contribution in [0.15, 0.2) is 60.1 Å². The SMILES string of the molecule is CCSc1ncccc1C(=O)N(Cc1cncn1Cc1ccc(C#N)cc1)[C@@H]1CCNC1. The standard InChI is InChI=1S/C24H26N6OS/c1-2-32-23-22(4-3-10-28-23)24(31)30(20-9-11-26-13-20)16-21-14-27-17-29(21)15-19-7-5-18(12-25)6-8-19/h3-8,10,14,17,20,26H,2,9,11,13,15-16H2,1H3/t20-/m1/s1. The number of carbonyl (C=O) groups excluding carboxylic acids is 1. The lowest BCUT2D eigenvalue weighted by Crippen LogP contribution is -2.41. The van der Waals surface area contributed by atoms with Crippen molar-refractivity contribution >= 4 is 17.7 Å². The minimum atomic E-state index is 0.00822. The van der Waals surface area contributed by atoms with Gasteiger partial charge in [0, 0.05) is 31.5 Å². The zero-order chi connectivity index (χ0) is 22.3. The van der Waals surface area contributed by atoms with Gasteiger partial charge in [0.25, 0.3) is 5.91 Å². The number of amides is 1. The minimum Gasteiger partial charge on any atom is -0.329 e. The van der Waals surface area contributed by atoms with E-state index in [1.807, 2.05) is 47.5 Å². The van der Waals surface area contributed by atoms with Gasteiger partial charge in [-0.1, -0.05) is 19.1 Å². The molecule has 0 bridgehead atoms. The highest BCUT2D eigenvalue weighted by Gasteiger charge is 2.29. The summed E-state index contributed by atoms with van der Waals surface area (Å²) >= 11 is 1.59. The molecule has 3 aromatic rings. The number of hydrogen-bond donors (Lipinski definition) is 1. The molecule has 1 aromatic carbocycles. The van der Waals surface area contributed by atoms with Crippen molar-refractivity contribution in [3.63, 3.8) is 0 Å². The van der Waals surface area contributed by atoms with E-state index >= 15 is 0 Å². The number of carbonyl (C=O) groups is 1. The number of thioether (sulfide) groups is 1. The van der Waals surface area contributed by atoms with Crippen molar-refractivity contribution in [3.8, 4) is 6.07 Å². The number of hydrogen-bond acceptors (Lipinski definition) is 6. The highest BCUT2D eigenvalue weighted by Crippen LogP contribution is 2.24. The fourth-order valence-corrected chi connectivity index (χ4v) is 4.63. The van der Waals surface area contributed by atoms with E-state index in [0.29, 0.717) is 24.2 Å². The normalized spacial score (nSPS) is 15.4. The second-order valence-corrected chi connectivity index (χ2v) is 8.94. The summed E-state index contributed by atoms with van der Waals surface area (Å²) in [5.41, 5.74) is 3.35. The van der Waals surface area contributed by atoms with Crippen LogP contribution in [0.25, 0.3) is 0 Å². The lowest BCUT2D eigenvalue weighted by molar-refractivity contribution is 0.0666. The highest BCUT2D eigenvalue weighted by molar-refractivity contribution is 7.99. The van der Waals surface area contributed by atoms with Crippen LogP contribution in [0.4, 0.5) is 0 Å². The van der Waals surface area contributed by atoms with Crippen molar-refractivity contribution in [3.05, 3.63) is 77.5 Å². The fourth-order valence-electron chi connectivity index (χ4n) is 3.91. The van der Waals surface area contributed by atoms with Crippen LogP contribution in [-0.4, -0.2) is 50.2 Å². The molecule has 164 valence electrons. The van der Waals surface area contributed by atoms with Crippen LogP contribution < -0.4 is 5.32 Å². The van der Waals surface area contributed by atoms with Gasteiger partial charge in [-0.3, -0.25) is 4.79 Å². The number of nitrogens with one attached hydrogen (secondary N) is 1. The third kappa shape index (κ3) is 5.01. The molecule has 4 rings (SSSR count). The molecule has 3 heterocycles. The first kappa shape index (κ1) is 22.1. The Morgan fingerprint density at radius 1 is 1.34 bits per heavy atom. The number of benzene rings is 1. The fraction of sp³-hybridized carbons (Fsp3) is 0.333. The number of aromatic nitrogens is 3. The molecule has 0 spiro atoms. The molecule has 1 N–H and O–H groups in total. The van der Waals surface area contributed by atoms with Crippen molar-refractivity contribution in [1.82, 2.24) is 24.8 Å². The molecular formula is C24H26N6OS. The summed E-state index contributed by atoms with van der Waals surface area (Å²) < 4.78 is 2.06. The Hall–Kier alpha value is -3.15. The maximum Gasteiger partial charge on any atom is 0.257 e. The zero-order valence-electron chi connectivity index (χ0n) is 18.1. The lowest BCUT2D eigenvalue weighted by Gasteiger charge is -2.29. The molecule has 8 heteroatoms. The van der Waals surface area contributed by atoms with Crippen LogP contribution >= 0.6 is 11.8 Å². The van der Waals surface area contributed by atoms with E-state index in [9.17, 15) is 4.79 Å². The molecule has 2 aromatic heterocycles. The first-order valence-electron chi connectivity index (χ1n) is 10.8. The predicted octanol–water partition coefficient (Wildman–Crippen LogP) is 3.31. The molecule has 0 unspecified atom stereocenters. The summed E-state index contributed by atoms with van der Waals surface area (Å²) in [6.07, 6.45) is 6.29. The third-order valence-corrected chi connectivity index (χ3v) is 6.47. The molecule has 1 saturated heterocycles. The van der Waals surface area contributed by atoms with E-state index in [-0.39, 0.29) is 11.9 Å². The highest BCUT2D eigenvalue weighted by atomic mass is 32.2. The Labute approximate surface area is 192 Å². The van der Waals surface area contributed by atoms with Gasteiger partial charge in [0.2, 0.25) is 0 Å². The molecule has 1 aliphatic rings. The van der Waals surface area contributed by atoms with E-state index < -0.39 is 0 Å². The number of rotatable bonds is 8. The molecule has 1 atom stereocenters. The van der Waals surface area contributed by atoms with Crippen LogP contribution in [0.3, 0.4) is 0 Å². The van der Waals surface area contributed by atoms with Crippen LogP contribution in [0.5, 0.6) is 0 Å². The van der Waals surface area contributed by atoms with Crippen LogP contribution in [-0.2, 0) is 13.1 Å². The molecule has 1 fully saturated rings. The molecular weight excluding hydrogens is 420 g/mol. The zero-order valence-corrected chi connectivity index (χ0v) is 18.9. The summed E-state index contributed by atoms with van der Waals surface area (Å²) in [5.74, 6) is 0.869. The second kappa shape index (κ2) is 10.4. The maximum absolute atomic E-state index is 13.7. The van der Waals surface area contributed by atoms with Gasteiger partial charge < -0.3 is 14.8 Å². The summed E-state index contributed by atoms with van der Waals surface area (Å²) in [6, 6.07) is 13.5. The second-order valence-electron chi connectivity index (χ2n) is 7.69. The van der Waals surface area contributed by atoms with Gasteiger partial charge >= 0.3 is 0 Å². The first-order chi connectivity index (χ1) is 15.7. The van der Waals surface area contributed by atoms with Gasteiger partial charge in [0.05, 0.1) is 35.8 Å². The van der Waals surface area contributed by atoms with Gasteiger partial charge in [-0.2, -0.15) is 5.26 Å². The summed E-state index contributed by atoms with van der Waals surface area (Å²) in [6.45, 7) is 4.87. The molecule has 0 radical (unpaired) electrons. The minimum absolute atomic E-state index is 0.00822. The number of pyridine rings is 1. The summed E-state index contributed by atoms with van der Waals surface area (Å²) in [5, 5.41) is 13.2. The Morgan fingerprint density at radius 2 is 2.19 bits per heavy atom. The third-order valence-electron chi connectivity index (χ3n) is 5.59. The van der Waals surface area contributed by atoms with E-state index in [0.717, 1.165) is 41.5 Å². The monoisotopic (exact) mass is 446 g/mol.